The van der Waals surface area contributed by atoms with Crippen LogP contribution in [0, 0.1) is 10.1 Å². The van der Waals surface area contributed by atoms with E-state index < -0.39 is 4.92 Å². The van der Waals surface area contributed by atoms with Gasteiger partial charge in [0, 0.05) is 5.54 Å². The SMILES string of the molecule is C=C(/C(=C\C)NC(C)(C)C)[N+](=O)[O-]. The fourth-order valence-corrected chi connectivity index (χ4v) is 0.813. The Morgan fingerprint density at radius 2 is 2.00 bits per heavy atom. The molecule has 0 heterocycles. The van der Waals surface area contributed by atoms with E-state index in [0.29, 0.717) is 5.70 Å². The summed E-state index contributed by atoms with van der Waals surface area (Å²) in [4.78, 5) is 9.92. The van der Waals surface area contributed by atoms with Crippen molar-refractivity contribution in [2.75, 3.05) is 0 Å². The lowest BCUT2D eigenvalue weighted by Crippen LogP contribution is -2.36. The van der Waals surface area contributed by atoms with E-state index in [1.165, 1.54) is 0 Å². The maximum Gasteiger partial charge on any atom is 0.284 e. The molecular formula is C9H16N2O2. The Kier molecular flexibility index (Phi) is 3.66. The summed E-state index contributed by atoms with van der Waals surface area (Å²) in [5.74, 6) is 0. The summed E-state index contributed by atoms with van der Waals surface area (Å²) in [6.45, 7) is 10.9. The summed E-state index contributed by atoms with van der Waals surface area (Å²) in [6, 6.07) is 0. The van der Waals surface area contributed by atoms with Crippen LogP contribution in [0.3, 0.4) is 0 Å². The van der Waals surface area contributed by atoms with E-state index in [9.17, 15) is 10.1 Å². The van der Waals surface area contributed by atoms with Crippen molar-refractivity contribution in [1.29, 1.82) is 0 Å². The van der Waals surface area contributed by atoms with E-state index >= 15 is 0 Å². The molecule has 0 rings (SSSR count). The van der Waals surface area contributed by atoms with Crippen molar-refractivity contribution < 1.29 is 4.92 Å². The molecule has 13 heavy (non-hydrogen) atoms. The zero-order chi connectivity index (χ0) is 10.6. The maximum absolute atomic E-state index is 10.4. The molecule has 0 radical (unpaired) electrons. The lowest BCUT2D eigenvalue weighted by Gasteiger charge is -2.22. The van der Waals surface area contributed by atoms with Crippen LogP contribution in [0.15, 0.2) is 24.0 Å². The summed E-state index contributed by atoms with van der Waals surface area (Å²) in [6.07, 6.45) is 1.65. The van der Waals surface area contributed by atoms with Crippen LogP contribution in [0.2, 0.25) is 0 Å². The first-order valence-corrected chi connectivity index (χ1v) is 4.06. The van der Waals surface area contributed by atoms with E-state index in [0.717, 1.165) is 0 Å². The molecule has 0 aromatic heterocycles. The number of allylic oxidation sites excluding steroid dienone is 1. The molecule has 0 amide bonds. The van der Waals surface area contributed by atoms with Gasteiger partial charge in [-0.1, -0.05) is 6.08 Å². The maximum atomic E-state index is 10.4. The van der Waals surface area contributed by atoms with Gasteiger partial charge in [-0.25, -0.2) is 0 Å². The second kappa shape index (κ2) is 4.07. The Labute approximate surface area is 78.5 Å². The number of nitrogens with zero attached hydrogens (tertiary/aromatic N) is 1. The van der Waals surface area contributed by atoms with Crippen LogP contribution in [0.5, 0.6) is 0 Å². The molecule has 4 nitrogen and oxygen atoms in total. The van der Waals surface area contributed by atoms with Gasteiger partial charge in [-0.2, -0.15) is 0 Å². The van der Waals surface area contributed by atoms with Crippen molar-refractivity contribution in [3.63, 3.8) is 0 Å². The predicted octanol–water partition coefficient (Wildman–Crippen LogP) is 2.07. The molecule has 0 saturated carbocycles. The minimum atomic E-state index is -0.492. The normalized spacial score (nSPS) is 12.5. The van der Waals surface area contributed by atoms with E-state index in [2.05, 4.69) is 11.9 Å². The third-order valence-electron chi connectivity index (χ3n) is 1.33. The smallest absolute Gasteiger partial charge is 0.284 e. The molecule has 0 aliphatic rings. The van der Waals surface area contributed by atoms with Gasteiger partial charge in [0.1, 0.15) is 5.70 Å². The second-order valence-electron chi connectivity index (χ2n) is 3.78. The van der Waals surface area contributed by atoms with Crippen LogP contribution in [0.25, 0.3) is 0 Å². The monoisotopic (exact) mass is 184 g/mol. The molecule has 4 heteroatoms. The van der Waals surface area contributed by atoms with Crippen molar-refractivity contribution in [2.24, 2.45) is 0 Å². The van der Waals surface area contributed by atoms with Gasteiger partial charge in [-0.05, 0) is 34.3 Å². The molecule has 0 unspecified atom stereocenters. The molecule has 0 aliphatic carbocycles. The highest BCUT2D eigenvalue weighted by Crippen LogP contribution is 2.10. The number of nitrogens with one attached hydrogen (secondary N) is 1. The molecule has 0 aromatic rings. The van der Waals surface area contributed by atoms with Gasteiger partial charge in [0.15, 0.2) is 0 Å². The van der Waals surface area contributed by atoms with Gasteiger partial charge in [-0.3, -0.25) is 10.1 Å². The van der Waals surface area contributed by atoms with Crippen molar-refractivity contribution in [2.45, 2.75) is 33.2 Å². The van der Waals surface area contributed by atoms with E-state index in [1.54, 1.807) is 13.0 Å². The summed E-state index contributed by atoms with van der Waals surface area (Å²) in [5.41, 5.74) is 0.177. The lowest BCUT2D eigenvalue weighted by atomic mass is 10.1. The van der Waals surface area contributed by atoms with E-state index in [-0.39, 0.29) is 11.2 Å². The van der Waals surface area contributed by atoms with Crippen molar-refractivity contribution in [3.05, 3.63) is 34.2 Å². The minimum absolute atomic E-state index is 0.0996. The van der Waals surface area contributed by atoms with Gasteiger partial charge in [0.2, 0.25) is 0 Å². The van der Waals surface area contributed by atoms with Crippen LogP contribution < -0.4 is 5.32 Å². The molecule has 0 atom stereocenters. The largest absolute Gasteiger partial charge is 0.375 e. The quantitative estimate of drug-likeness (QED) is 0.415. The average Bonchev–Trinajstić information content (AvgIpc) is 1.97. The standard InChI is InChI=1S/C9H16N2O2/c1-6-8(7(2)11(12)13)10-9(3,4)5/h6,10H,2H2,1,3-5H3/b8-6+. The van der Waals surface area contributed by atoms with E-state index in [4.69, 9.17) is 0 Å². The van der Waals surface area contributed by atoms with Gasteiger partial charge >= 0.3 is 0 Å². The average molecular weight is 184 g/mol. The van der Waals surface area contributed by atoms with Gasteiger partial charge in [0.05, 0.1) is 4.92 Å². The first-order valence-electron chi connectivity index (χ1n) is 4.06. The molecule has 0 bridgehead atoms. The van der Waals surface area contributed by atoms with Crippen LogP contribution in [-0.2, 0) is 0 Å². The molecule has 74 valence electrons. The van der Waals surface area contributed by atoms with Crippen molar-refractivity contribution >= 4 is 0 Å². The first kappa shape index (κ1) is 11.7. The predicted molar refractivity (Wildman–Crippen MR) is 52.8 cm³/mol. The number of hydrogen-bond donors (Lipinski definition) is 1. The lowest BCUT2D eigenvalue weighted by molar-refractivity contribution is -0.420. The van der Waals surface area contributed by atoms with Crippen molar-refractivity contribution in [3.8, 4) is 0 Å². The Hall–Kier alpha value is -1.32. The van der Waals surface area contributed by atoms with Crippen LogP contribution in [0.4, 0.5) is 0 Å². The highest BCUT2D eigenvalue weighted by molar-refractivity contribution is 5.20. The summed E-state index contributed by atoms with van der Waals surface area (Å²) in [7, 11) is 0. The van der Waals surface area contributed by atoms with Crippen molar-refractivity contribution in [1.82, 2.24) is 5.32 Å². The highest BCUT2D eigenvalue weighted by atomic mass is 16.6. The fourth-order valence-electron chi connectivity index (χ4n) is 0.813. The Bertz CT molecular complexity index is 249. The number of rotatable bonds is 3. The first-order chi connectivity index (χ1) is 5.78. The molecule has 0 saturated heterocycles. The van der Waals surface area contributed by atoms with Crippen LogP contribution in [-0.4, -0.2) is 10.5 Å². The topological polar surface area (TPSA) is 55.2 Å². The molecule has 1 N–H and O–H groups in total. The summed E-state index contributed by atoms with van der Waals surface area (Å²) in [5, 5.41) is 13.4. The Balaban J connectivity index is 4.57. The molecule has 0 fully saturated rings. The Morgan fingerprint density at radius 1 is 1.54 bits per heavy atom. The van der Waals surface area contributed by atoms with Gasteiger partial charge in [0.25, 0.3) is 5.70 Å². The fraction of sp³-hybridized carbons (Fsp3) is 0.556. The third kappa shape index (κ3) is 4.30. The Morgan fingerprint density at radius 3 is 2.23 bits per heavy atom. The van der Waals surface area contributed by atoms with Gasteiger partial charge in [-0.15, -0.1) is 0 Å². The number of hydrogen-bond acceptors (Lipinski definition) is 3. The zero-order valence-corrected chi connectivity index (χ0v) is 8.55. The van der Waals surface area contributed by atoms with Gasteiger partial charge < -0.3 is 5.32 Å². The second-order valence-corrected chi connectivity index (χ2v) is 3.78. The summed E-state index contributed by atoms with van der Waals surface area (Å²) >= 11 is 0. The highest BCUT2D eigenvalue weighted by Gasteiger charge is 2.18. The van der Waals surface area contributed by atoms with Crippen LogP contribution in [0.1, 0.15) is 27.7 Å². The molecular weight excluding hydrogens is 168 g/mol. The number of nitro groups is 1. The summed E-state index contributed by atoms with van der Waals surface area (Å²) < 4.78 is 0. The minimum Gasteiger partial charge on any atom is -0.375 e. The van der Waals surface area contributed by atoms with Crippen LogP contribution >= 0.6 is 0 Å². The van der Waals surface area contributed by atoms with E-state index in [1.807, 2.05) is 20.8 Å². The zero-order valence-electron chi connectivity index (χ0n) is 8.55. The third-order valence-corrected chi connectivity index (χ3v) is 1.33. The molecule has 0 spiro atoms. The molecule has 0 aromatic carbocycles. The molecule has 0 aliphatic heterocycles.